The number of nitrogens with zero attached hydrogens (tertiary/aromatic N) is 1. The molecule has 0 saturated heterocycles. The van der Waals surface area contributed by atoms with Crippen molar-refractivity contribution < 1.29 is 14.7 Å². The van der Waals surface area contributed by atoms with Gasteiger partial charge in [0.25, 0.3) is 0 Å². The average Bonchev–Trinajstić information content (AvgIpc) is 2.54. The van der Waals surface area contributed by atoms with Gasteiger partial charge < -0.3 is 21.0 Å². The molecule has 0 atom stereocenters. The lowest BCUT2D eigenvalue weighted by Crippen LogP contribution is -2.25. The second-order valence-electron chi connectivity index (χ2n) is 5.20. The molecular weight excluding hydrogens is 270 g/mol. The van der Waals surface area contributed by atoms with Gasteiger partial charge in [-0.15, -0.1) is 0 Å². The van der Waals surface area contributed by atoms with Gasteiger partial charge in [-0.25, -0.2) is 0 Å². The molecule has 0 bridgehead atoms. The molecule has 0 radical (unpaired) electrons. The molecule has 1 amide bonds. The largest absolute Gasteiger partial charge is 0.483 e. The standard InChI is InChI=1S/C15H21N3O3/c16-14(18-20)10-21-13-9-5-4-8-12(13)17-15(19)11-6-2-1-3-7-11/h4-5,8-9,11,20H,1-3,6-7,10H2,(H2,16,18)(H,17,19). The number of nitrogens with two attached hydrogens (primary N) is 1. The number of amidine groups is 1. The molecule has 0 aromatic heterocycles. The van der Waals surface area contributed by atoms with E-state index in [0.29, 0.717) is 11.4 Å². The Balaban J connectivity index is 2.00. The highest BCUT2D eigenvalue weighted by atomic mass is 16.5. The van der Waals surface area contributed by atoms with E-state index in [0.717, 1.165) is 25.7 Å². The number of carbonyl (C=O) groups excluding carboxylic acids is 1. The van der Waals surface area contributed by atoms with Crippen LogP contribution in [-0.4, -0.2) is 23.6 Å². The van der Waals surface area contributed by atoms with Crippen molar-refractivity contribution in [3.8, 4) is 5.75 Å². The monoisotopic (exact) mass is 291 g/mol. The fraction of sp³-hybridized carbons (Fsp3) is 0.467. The zero-order chi connectivity index (χ0) is 15.1. The van der Waals surface area contributed by atoms with Gasteiger partial charge in [0.1, 0.15) is 12.4 Å². The van der Waals surface area contributed by atoms with Crippen molar-refractivity contribution in [1.82, 2.24) is 0 Å². The van der Waals surface area contributed by atoms with E-state index in [2.05, 4.69) is 10.5 Å². The maximum atomic E-state index is 12.3. The van der Waals surface area contributed by atoms with Crippen LogP contribution in [0.3, 0.4) is 0 Å². The molecule has 6 heteroatoms. The summed E-state index contributed by atoms with van der Waals surface area (Å²) in [5, 5.41) is 14.3. The molecule has 21 heavy (non-hydrogen) atoms. The number of benzene rings is 1. The molecule has 1 fully saturated rings. The number of amides is 1. The number of nitrogens with one attached hydrogen (secondary N) is 1. The Kier molecular flexibility index (Phi) is 5.43. The number of rotatable bonds is 5. The first-order valence-electron chi connectivity index (χ1n) is 7.20. The fourth-order valence-electron chi connectivity index (χ4n) is 2.48. The Labute approximate surface area is 124 Å². The third-order valence-electron chi connectivity index (χ3n) is 3.62. The van der Waals surface area contributed by atoms with Crippen molar-refractivity contribution in [2.75, 3.05) is 11.9 Å². The van der Waals surface area contributed by atoms with Gasteiger partial charge in [0.2, 0.25) is 5.91 Å². The molecule has 1 aliphatic rings. The molecule has 4 N–H and O–H groups in total. The summed E-state index contributed by atoms with van der Waals surface area (Å²) in [7, 11) is 0. The van der Waals surface area contributed by atoms with Crippen LogP contribution in [0.25, 0.3) is 0 Å². The van der Waals surface area contributed by atoms with E-state index < -0.39 is 0 Å². The van der Waals surface area contributed by atoms with Crippen molar-refractivity contribution in [2.45, 2.75) is 32.1 Å². The number of hydrogen-bond donors (Lipinski definition) is 3. The van der Waals surface area contributed by atoms with Crippen molar-refractivity contribution >= 4 is 17.4 Å². The van der Waals surface area contributed by atoms with Crippen molar-refractivity contribution in [2.24, 2.45) is 16.8 Å². The highest BCUT2D eigenvalue weighted by Crippen LogP contribution is 2.28. The van der Waals surface area contributed by atoms with Gasteiger partial charge in [0, 0.05) is 5.92 Å². The first-order chi connectivity index (χ1) is 10.2. The van der Waals surface area contributed by atoms with Gasteiger partial charge in [0.15, 0.2) is 5.84 Å². The Morgan fingerprint density at radius 3 is 2.76 bits per heavy atom. The van der Waals surface area contributed by atoms with Crippen LogP contribution < -0.4 is 15.8 Å². The fourth-order valence-corrected chi connectivity index (χ4v) is 2.48. The lowest BCUT2D eigenvalue weighted by molar-refractivity contribution is -0.120. The second kappa shape index (κ2) is 7.52. The summed E-state index contributed by atoms with van der Waals surface area (Å²) < 4.78 is 5.45. The predicted molar refractivity (Wildman–Crippen MR) is 80.6 cm³/mol. The number of para-hydroxylation sites is 2. The van der Waals surface area contributed by atoms with Crippen LogP contribution >= 0.6 is 0 Å². The average molecular weight is 291 g/mol. The third kappa shape index (κ3) is 4.37. The number of anilines is 1. The van der Waals surface area contributed by atoms with Crippen molar-refractivity contribution in [1.29, 1.82) is 0 Å². The molecule has 0 heterocycles. The third-order valence-corrected chi connectivity index (χ3v) is 3.62. The molecule has 0 aliphatic heterocycles. The summed E-state index contributed by atoms with van der Waals surface area (Å²) in [6, 6.07) is 7.15. The maximum Gasteiger partial charge on any atom is 0.227 e. The minimum Gasteiger partial charge on any atom is -0.483 e. The Morgan fingerprint density at radius 2 is 2.05 bits per heavy atom. The topological polar surface area (TPSA) is 96.9 Å². The molecule has 1 aromatic carbocycles. The summed E-state index contributed by atoms with van der Waals surface area (Å²) in [5.74, 6) is 0.599. The van der Waals surface area contributed by atoms with Crippen LogP contribution in [0.15, 0.2) is 29.4 Å². The molecule has 1 aliphatic carbocycles. The molecule has 1 aromatic rings. The molecule has 1 saturated carbocycles. The van der Waals surface area contributed by atoms with Crippen LogP contribution in [0.4, 0.5) is 5.69 Å². The number of ether oxygens (including phenoxy) is 1. The molecule has 0 spiro atoms. The molecule has 0 unspecified atom stereocenters. The zero-order valence-corrected chi connectivity index (χ0v) is 11.9. The van der Waals surface area contributed by atoms with Gasteiger partial charge in [-0.2, -0.15) is 0 Å². The quantitative estimate of drug-likeness (QED) is 0.336. The van der Waals surface area contributed by atoms with E-state index in [1.807, 2.05) is 6.07 Å². The van der Waals surface area contributed by atoms with E-state index in [4.69, 9.17) is 15.7 Å². The Hall–Kier alpha value is -2.24. The van der Waals surface area contributed by atoms with Crippen LogP contribution in [0.2, 0.25) is 0 Å². The Bertz CT molecular complexity index is 511. The normalized spacial score (nSPS) is 16.5. The second-order valence-corrected chi connectivity index (χ2v) is 5.20. The van der Waals surface area contributed by atoms with E-state index in [-0.39, 0.29) is 24.3 Å². The lowest BCUT2D eigenvalue weighted by Gasteiger charge is -2.21. The summed E-state index contributed by atoms with van der Waals surface area (Å²) >= 11 is 0. The zero-order valence-electron chi connectivity index (χ0n) is 11.9. The van der Waals surface area contributed by atoms with Crippen LogP contribution in [-0.2, 0) is 4.79 Å². The van der Waals surface area contributed by atoms with Gasteiger partial charge in [0.05, 0.1) is 5.69 Å². The summed E-state index contributed by atoms with van der Waals surface area (Å²) in [6.45, 7) is -0.0349. The Morgan fingerprint density at radius 1 is 1.33 bits per heavy atom. The molecule has 2 rings (SSSR count). The van der Waals surface area contributed by atoms with Crippen molar-refractivity contribution in [3.63, 3.8) is 0 Å². The minimum atomic E-state index is -0.0349. The highest BCUT2D eigenvalue weighted by Gasteiger charge is 2.21. The van der Waals surface area contributed by atoms with Gasteiger partial charge >= 0.3 is 0 Å². The summed E-state index contributed by atoms with van der Waals surface area (Å²) in [4.78, 5) is 12.3. The van der Waals surface area contributed by atoms with Gasteiger partial charge in [-0.05, 0) is 25.0 Å². The van der Waals surface area contributed by atoms with Crippen LogP contribution in [0.1, 0.15) is 32.1 Å². The molecular formula is C15H21N3O3. The molecule has 114 valence electrons. The summed E-state index contributed by atoms with van der Waals surface area (Å²) in [5.41, 5.74) is 5.99. The van der Waals surface area contributed by atoms with Gasteiger partial charge in [-0.3, -0.25) is 4.79 Å². The predicted octanol–water partition coefficient (Wildman–Crippen LogP) is 2.33. The summed E-state index contributed by atoms with van der Waals surface area (Å²) in [6.07, 6.45) is 5.32. The minimum absolute atomic E-state index is 0.0246. The molecule has 6 nitrogen and oxygen atoms in total. The lowest BCUT2D eigenvalue weighted by atomic mass is 9.88. The van der Waals surface area contributed by atoms with Crippen molar-refractivity contribution in [3.05, 3.63) is 24.3 Å². The first-order valence-corrected chi connectivity index (χ1v) is 7.20. The van der Waals surface area contributed by atoms with Gasteiger partial charge in [-0.1, -0.05) is 36.6 Å². The van der Waals surface area contributed by atoms with Crippen LogP contribution in [0, 0.1) is 5.92 Å². The van der Waals surface area contributed by atoms with E-state index >= 15 is 0 Å². The number of carbonyl (C=O) groups is 1. The van der Waals surface area contributed by atoms with E-state index in [1.54, 1.807) is 18.2 Å². The maximum absolute atomic E-state index is 12.3. The number of hydrogen-bond acceptors (Lipinski definition) is 4. The smallest absolute Gasteiger partial charge is 0.227 e. The SMILES string of the molecule is N/C(COc1ccccc1NC(=O)C1CCCCC1)=N\O. The number of oxime groups is 1. The van der Waals surface area contributed by atoms with E-state index in [1.165, 1.54) is 6.42 Å². The van der Waals surface area contributed by atoms with Crippen LogP contribution in [0.5, 0.6) is 5.75 Å². The highest BCUT2D eigenvalue weighted by molar-refractivity contribution is 5.94. The van der Waals surface area contributed by atoms with E-state index in [9.17, 15) is 4.79 Å². The first kappa shape index (κ1) is 15.2.